The predicted molar refractivity (Wildman–Crippen MR) is 92.3 cm³/mol. The minimum absolute atomic E-state index is 0.180. The molecule has 1 aliphatic heterocycles. The van der Waals surface area contributed by atoms with E-state index in [1.54, 1.807) is 0 Å². The Labute approximate surface area is 145 Å². The molecular weight excluding hydrogens is 319 g/mol. The summed E-state index contributed by atoms with van der Waals surface area (Å²) in [5.41, 5.74) is 1.57. The first kappa shape index (κ1) is 16.0. The smallest absolute Gasteiger partial charge is 0.251 e. The Balaban J connectivity index is 1.58. The van der Waals surface area contributed by atoms with Gasteiger partial charge in [0.15, 0.2) is 0 Å². The van der Waals surface area contributed by atoms with Crippen LogP contribution in [0.4, 0.5) is 10.1 Å². The zero-order chi connectivity index (χ0) is 17.4. The number of amides is 2. The fourth-order valence-electron chi connectivity index (χ4n) is 3.43. The third kappa shape index (κ3) is 3.20. The number of carbonyl (C=O) groups is 2. The molecule has 0 N–H and O–H groups in total. The molecule has 4 nitrogen and oxygen atoms in total. The lowest BCUT2D eigenvalue weighted by Crippen LogP contribution is -2.43. The van der Waals surface area contributed by atoms with Crippen LogP contribution in [-0.2, 0) is 16.1 Å². The summed E-state index contributed by atoms with van der Waals surface area (Å²) in [5.74, 6) is -0.817. The number of hydrogen-bond donors (Lipinski definition) is 0. The molecule has 1 atom stereocenters. The number of carbonyl (C=O) groups excluding carboxylic acids is 2. The van der Waals surface area contributed by atoms with Crippen molar-refractivity contribution in [2.45, 2.75) is 37.9 Å². The van der Waals surface area contributed by atoms with Crippen molar-refractivity contribution in [3.05, 3.63) is 66.0 Å². The summed E-state index contributed by atoms with van der Waals surface area (Å²) in [6.07, 6.45) is 2.29. The second kappa shape index (κ2) is 6.41. The number of imide groups is 1. The monoisotopic (exact) mass is 338 g/mol. The van der Waals surface area contributed by atoms with Gasteiger partial charge in [0, 0.05) is 12.6 Å². The van der Waals surface area contributed by atoms with Crippen LogP contribution in [0.3, 0.4) is 0 Å². The fraction of sp³-hybridized carbons (Fsp3) is 0.300. The number of halogens is 1. The Hall–Kier alpha value is -2.53. The maximum atomic E-state index is 13.1. The van der Waals surface area contributed by atoms with Crippen LogP contribution >= 0.6 is 0 Å². The van der Waals surface area contributed by atoms with Gasteiger partial charge in [0.25, 0.3) is 5.91 Å². The predicted octanol–water partition coefficient (Wildman–Crippen LogP) is 3.12. The van der Waals surface area contributed by atoms with Gasteiger partial charge in [-0.1, -0.05) is 30.3 Å². The zero-order valence-corrected chi connectivity index (χ0v) is 13.8. The molecule has 128 valence electrons. The number of nitrogens with zero attached hydrogens (tertiary/aromatic N) is 2. The molecule has 1 heterocycles. The molecule has 0 spiro atoms. The van der Waals surface area contributed by atoms with Crippen LogP contribution in [0.15, 0.2) is 54.6 Å². The fourth-order valence-corrected chi connectivity index (χ4v) is 3.43. The molecule has 0 radical (unpaired) electrons. The maximum absolute atomic E-state index is 13.1. The molecule has 1 saturated carbocycles. The standard InChI is InChI=1S/C20H19FN2O2/c21-15-6-8-17(9-7-15)23-19(24)12-18(20(23)25)22(16-10-11-16)13-14-4-2-1-3-5-14/h1-9,16,18H,10-13H2. The number of anilines is 1. The molecule has 1 aliphatic carbocycles. The van der Waals surface area contributed by atoms with Gasteiger partial charge in [0.05, 0.1) is 18.2 Å². The average Bonchev–Trinajstić information content (AvgIpc) is 3.41. The van der Waals surface area contributed by atoms with Crippen molar-refractivity contribution in [2.24, 2.45) is 0 Å². The lowest BCUT2D eigenvalue weighted by atomic mass is 10.1. The highest BCUT2D eigenvalue weighted by molar-refractivity contribution is 6.22. The van der Waals surface area contributed by atoms with E-state index in [4.69, 9.17) is 0 Å². The number of benzene rings is 2. The van der Waals surface area contributed by atoms with Crippen molar-refractivity contribution in [1.29, 1.82) is 0 Å². The van der Waals surface area contributed by atoms with Crippen LogP contribution in [0.2, 0.25) is 0 Å². The van der Waals surface area contributed by atoms with Gasteiger partial charge in [-0.05, 0) is 42.7 Å². The van der Waals surface area contributed by atoms with Crippen molar-refractivity contribution >= 4 is 17.5 Å². The third-order valence-corrected chi connectivity index (χ3v) is 4.83. The minimum atomic E-state index is -0.440. The van der Waals surface area contributed by atoms with Crippen LogP contribution in [0.25, 0.3) is 0 Å². The van der Waals surface area contributed by atoms with E-state index in [9.17, 15) is 14.0 Å². The van der Waals surface area contributed by atoms with Crippen molar-refractivity contribution in [2.75, 3.05) is 4.90 Å². The van der Waals surface area contributed by atoms with E-state index in [1.165, 1.54) is 29.2 Å². The summed E-state index contributed by atoms with van der Waals surface area (Å²) in [6, 6.07) is 15.4. The van der Waals surface area contributed by atoms with Crippen molar-refractivity contribution in [1.82, 2.24) is 4.90 Å². The second-order valence-electron chi connectivity index (χ2n) is 6.65. The Kier molecular flexibility index (Phi) is 4.09. The molecule has 25 heavy (non-hydrogen) atoms. The van der Waals surface area contributed by atoms with E-state index >= 15 is 0 Å². The Morgan fingerprint density at radius 2 is 1.68 bits per heavy atom. The molecular formula is C20H19FN2O2. The molecule has 1 unspecified atom stereocenters. The van der Waals surface area contributed by atoms with Crippen LogP contribution in [0.1, 0.15) is 24.8 Å². The Morgan fingerprint density at radius 3 is 2.32 bits per heavy atom. The SMILES string of the molecule is O=C1CC(N(Cc2ccccc2)C2CC2)C(=O)N1c1ccc(F)cc1. The van der Waals surface area contributed by atoms with Crippen LogP contribution in [0.5, 0.6) is 0 Å². The third-order valence-electron chi connectivity index (χ3n) is 4.83. The van der Waals surface area contributed by atoms with Crippen LogP contribution < -0.4 is 4.90 Å². The van der Waals surface area contributed by atoms with Gasteiger partial charge in [0.1, 0.15) is 5.82 Å². The topological polar surface area (TPSA) is 40.6 Å². The summed E-state index contributed by atoms with van der Waals surface area (Å²) in [7, 11) is 0. The molecule has 0 aromatic heterocycles. The molecule has 5 heteroatoms. The van der Waals surface area contributed by atoms with Crippen molar-refractivity contribution in [3.63, 3.8) is 0 Å². The summed E-state index contributed by atoms with van der Waals surface area (Å²) in [6.45, 7) is 0.659. The number of hydrogen-bond acceptors (Lipinski definition) is 3. The van der Waals surface area contributed by atoms with Gasteiger partial charge < -0.3 is 0 Å². The largest absolute Gasteiger partial charge is 0.284 e. The lowest BCUT2D eigenvalue weighted by Gasteiger charge is -2.27. The van der Waals surface area contributed by atoms with Gasteiger partial charge in [-0.3, -0.25) is 14.5 Å². The first-order valence-corrected chi connectivity index (χ1v) is 8.55. The summed E-state index contributed by atoms with van der Waals surface area (Å²) < 4.78 is 13.1. The lowest BCUT2D eigenvalue weighted by molar-refractivity contribution is -0.123. The van der Waals surface area contributed by atoms with Gasteiger partial charge in [-0.25, -0.2) is 9.29 Å². The molecule has 1 saturated heterocycles. The quantitative estimate of drug-likeness (QED) is 0.787. The molecule has 2 fully saturated rings. The van der Waals surface area contributed by atoms with Crippen LogP contribution in [-0.4, -0.2) is 28.8 Å². The van der Waals surface area contributed by atoms with E-state index < -0.39 is 6.04 Å². The first-order chi connectivity index (χ1) is 12.1. The summed E-state index contributed by atoms with van der Waals surface area (Å²) in [4.78, 5) is 28.8. The first-order valence-electron chi connectivity index (χ1n) is 8.55. The highest BCUT2D eigenvalue weighted by Gasteiger charge is 2.46. The summed E-state index contributed by atoms with van der Waals surface area (Å²) >= 11 is 0. The van der Waals surface area contributed by atoms with E-state index in [1.807, 2.05) is 30.3 Å². The van der Waals surface area contributed by atoms with Gasteiger partial charge in [0.2, 0.25) is 5.91 Å². The Bertz CT molecular complexity index is 787. The molecule has 2 aromatic rings. The normalized spacial score (nSPS) is 20.6. The van der Waals surface area contributed by atoms with Crippen LogP contribution in [0, 0.1) is 5.82 Å². The second-order valence-corrected chi connectivity index (χ2v) is 6.65. The van der Waals surface area contributed by atoms with E-state index in [0.717, 1.165) is 18.4 Å². The summed E-state index contributed by atoms with van der Waals surface area (Å²) in [5, 5.41) is 0. The van der Waals surface area contributed by atoms with Gasteiger partial charge in [-0.15, -0.1) is 0 Å². The minimum Gasteiger partial charge on any atom is -0.284 e. The van der Waals surface area contributed by atoms with Gasteiger partial charge >= 0.3 is 0 Å². The molecule has 4 rings (SSSR count). The molecule has 2 amide bonds. The number of rotatable bonds is 5. The van der Waals surface area contributed by atoms with E-state index in [2.05, 4.69) is 4.90 Å². The molecule has 0 bridgehead atoms. The Morgan fingerprint density at radius 1 is 1.00 bits per heavy atom. The average molecular weight is 338 g/mol. The highest BCUT2D eigenvalue weighted by Crippen LogP contribution is 2.35. The van der Waals surface area contributed by atoms with Crippen molar-refractivity contribution in [3.8, 4) is 0 Å². The van der Waals surface area contributed by atoms with E-state index in [-0.39, 0.29) is 24.1 Å². The maximum Gasteiger partial charge on any atom is 0.251 e. The molecule has 2 aliphatic rings. The van der Waals surface area contributed by atoms with E-state index in [0.29, 0.717) is 18.3 Å². The van der Waals surface area contributed by atoms with Gasteiger partial charge in [-0.2, -0.15) is 0 Å². The highest BCUT2D eigenvalue weighted by atomic mass is 19.1. The van der Waals surface area contributed by atoms with Crippen molar-refractivity contribution < 1.29 is 14.0 Å². The molecule has 2 aromatic carbocycles. The zero-order valence-electron chi connectivity index (χ0n) is 13.8.